The van der Waals surface area contributed by atoms with Gasteiger partial charge >= 0.3 is 5.97 Å². The Morgan fingerprint density at radius 2 is 1.90 bits per heavy atom. The lowest BCUT2D eigenvalue weighted by molar-refractivity contribution is 0.0694. The van der Waals surface area contributed by atoms with Crippen LogP contribution in [0.15, 0.2) is 51.3 Å². The number of amidine groups is 1. The lowest BCUT2D eigenvalue weighted by Crippen LogP contribution is -2.44. The van der Waals surface area contributed by atoms with Crippen molar-refractivity contribution in [2.45, 2.75) is 18.9 Å². The van der Waals surface area contributed by atoms with Gasteiger partial charge in [0.1, 0.15) is 17.1 Å². The van der Waals surface area contributed by atoms with Gasteiger partial charge in [0.2, 0.25) is 5.43 Å². The predicted molar refractivity (Wildman–Crippen MR) is 104 cm³/mol. The second-order valence-electron chi connectivity index (χ2n) is 7.15. The fraction of sp³-hybridized carbons (Fsp3) is 0.200. The van der Waals surface area contributed by atoms with Crippen molar-refractivity contribution >= 4 is 29.4 Å². The summed E-state index contributed by atoms with van der Waals surface area (Å²) in [6, 6.07) is 6.43. The van der Waals surface area contributed by atoms with Crippen LogP contribution in [0.5, 0.6) is 5.75 Å². The van der Waals surface area contributed by atoms with Gasteiger partial charge in [0.05, 0.1) is 17.8 Å². The molecule has 1 aromatic heterocycles. The SMILES string of the molecule is O=C(O)c1cn(C2CC2)c2c(c1=O)C=C(F)C1=NN=C(c3ccc(O)cc3)CN12. The quantitative estimate of drug-likeness (QED) is 0.832. The van der Waals surface area contributed by atoms with E-state index in [0.717, 1.165) is 18.9 Å². The van der Waals surface area contributed by atoms with Crippen molar-refractivity contribution in [1.29, 1.82) is 0 Å². The molecule has 2 aliphatic heterocycles. The zero-order valence-electron chi connectivity index (χ0n) is 15.0. The molecule has 0 unspecified atom stereocenters. The van der Waals surface area contributed by atoms with Gasteiger partial charge in [-0.3, -0.25) is 4.79 Å². The van der Waals surface area contributed by atoms with Crippen LogP contribution in [0.4, 0.5) is 10.2 Å². The van der Waals surface area contributed by atoms with Crippen molar-refractivity contribution in [3.8, 4) is 5.75 Å². The second kappa shape index (κ2) is 6.13. The molecule has 2 aromatic rings. The number of carbonyl (C=O) groups is 1. The largest absolute Gasteiger partial charge is 0.508 e. The minimum atomic E-state index is -1.34. The first-order valence-corrected chi connectivity index (χ1v) is 9.05. The molecule has 1 aromatic carbocycles. The van der Waals surface area contributed by atoms with Crippen LogP contribution in [0, 0.1) is 0 Å². The summed E-state index contributed by atoms with van der Waals surface area (Å²) in [5.74, 6) is -1.57. The van der Waals surface area contributed by atoms with Gasteiger partial charge in [0.15, 0.2) is 11.7 Å². The Morgan fingerprint density at radius 3 is 2.55 bits per heavy atom. The Labute approximate surface area is 163 Å². The smallest absolute Gasteiger partial charge is 0.341 e. The first-order chi connectivity index (χ1) is 13.9. The number of phenolic OH excluding ortho intramolecular Hbond substituents is 1. The number of hydrogen-bond acceptors (Lipinski definition) is 6. The first-order valence-electron chi connectivity index (χ1n) is 9.05. The summed E-state index contributed by atoms with van der Waals surface area (Å²) < 4.78 is 16.5. The highest BCUT2D eigenvalue weighted by Crippen LogP contribution is 2.41. The molecular weight excluding hydrogens is 379 g/mol. The number of halogens is 1. The van der Waals surface area contributed by atoms with Crippen molar-refractivity contribution in [1.82, 2.24) is 4.57 Å². The van der Waals surface area contributed by atoms with Crippen LogP contribution in [0.25, 0.3) is 6.08 Å². The van der Waals surface area contributed by atoms with Crippen LogP contribution in [0.1, 0.15) is 40.4 Å². The van der Waals surface area contributed by atoms with E-state index in [1.165, 1.54) is 18.3 Å². The third kappa shape index (κ3) is 2.74. The number of pyridine rings is 1. The van der Waals surface area contributed by atoms with Crippen LogP contribution >= 0.6 is 0 Å². The van der Waals surface area contributed by atoms with Crippen LogP contribution in [-0.4, -0.2) is 38.8 Å². The van der Waals surface area contributed by atoms with Crippen molar-refractivity contribution < 1.29 is 19.4 Å². The lowest BCUT2D eigenvalue weighted by Gasteiger charge is -2.34. The Hall–Kier alpha value is -3.75. The van der Waals surface area contributed by atoms with Crippen molar-refractivity contribution in [2.75, 3.05) is 11.4 Å². The van der Waals surface area contributed by atoms with Gasteiger partial charge in [-0.1, -0.05) is 0 Å². The number of hydrogen-bond donors (Lipinski definition) is 2. The molecule has 2 N–H and O–H groups in total. The number of anilines is 1. The van der Waals surface area contributed by atoms with E-state index in [1.54, 1.807) is 21.6 Å². The zero-order valence-corrected chi connectivity index (χ0v) is 15.0. The molecule has 0 spiro atoms. The Morgan fingerprint density at radius 1 is 1.17 bits per heavy atom. The van der Waals surface area contributed by atoms with E-state index in [-0.39, 0.29) is 35.3 Å². The monoisotopic (exact) mass is 394 g/mol. The predicted octanol–water partition coefficient (Wildman–Crippen LogP) is 2.53. The molecule has 9 heteroatoms. The molecule has 3 aliphatic rings. The van der Waals surface area contributed by atoms with Crippen LogP contribution in [0.3, 0.4) is 0 Å². The molecule has 0 radical (unpaired) electrons. The molecule has 29 heavy (non-hydrogen) atoms. The van der Waals surface area contributed by atoms with E-state index >= 15 is 0 Å². The van der Waals surface area contributed by atoms with E-state index in [0.29, 0.717) is 17.1 Å². The summed E-state index contributed by atoms with van der Waals surface area (Å²) in [7, 11) is 0. The summed E-state index contributed by atoms with van der Waals surface area (Å²) in [6.45, 7) is 0.149. The van der Waals surface area contributed by atoms with Crippen LogP contribution < -0.4 is 10.3 Å². The Kier molecular flexibility index (Phi) is 3.67. The van der Waals surface area contributed by atoms with E-state index in [1.807, 2.05) is 0 Å². The number of nitrogens with zero attached hydrogens (tertiary/aromatic N) is 4. The van der Waals surface area contributed by atoms with E-state index in [9.17, 15) is 24.2 Å². The topological polar surface area (TPSA) is 107 Å². The first kappa shape index (κ1) is 17.4. The van der Waals surface area contributed by atoms with E-state index < -0.39 is 17.2 Å². The molecule has 0 saturated heterocycles. The average molecular weight is 394 g/mol. The molecule has 5 rings (SSSR count). The molecule has 8 nitrogen and oxygen atoms in total. The minimum Gasteiger partial charge on any atom is -0.508 e. The number of phenols is 1. The summed E-state index contributed by atoms with van der Waals surface area (Å²) in [5.41, 5.74) is 0.119. The third-order valence-electron chi connectivity index (χ3n) is 5.18. The van der Waals surface area contributed by atoms with Crippen molar-refractivity contribution in [2.24, 2.45) is 10.2 Å². The number of fused-ring (bicyclic) bond motifs is 3. The number of aromatic nitrogens is 1. The fourth-order valence-electron chi connectivity index (χ4n) is 3.61. The Bertz CT molecular complexity index is 1210. The maximum atomic E-state index is 14.7. The molecule has 0 bridgehead atoms. The standard InChI is InChI=1S/C20H15FN4O4/c21-15-7-13-17(27)14(20(28)29)8-24(11-3-4-11)19(13)25-9-16(22-23-18(15)25)10-1-5-12(26)6-2-10/h1-2,5-8,11,26H,3-4,9H2,(H,28,29). The third-order valence-corrected chi connectivity index (χ3v) is 5.18. The van der Waals surface area contributed by atoms with Gasteiger partial charge < -0.3 is 19.7 Å². The summed E-state index contributed by atoms with van der Waals surface area (Å²) in [4.78, 5) is 25.8. The summed E-state index contributed by atoms with van der Waals surface area (Å²) >= 11 is 0. The van der Waals surface area contributed by atoms with Crippen LogP contribution in [0.2, 0.25) is 0 Å². The number of benzene rings is 1. The molecule has 0 atom stereocenters. The maximum absolute atomic E-state index is 14.7. The van der Waals surface area contributed by atoms with Gasteiger partial charge in [0, 0.05) is 12.2 Å². The summed E-state index contributed by atoms with van der Waals surface area (Å²) in [6.07, 6.45) is 4.07. The summed E-state index contributed by atoms with van der Waals surface area (Å²) in [5, 5.41) is 27.0. The molecule has 3 heterocycles. The molecule has 1 fully saturated rings. The number of aromatic carboxylic acids is 1. The zero-order chi connectivity index (χ0) is 20.3. The van der Waals surface area contributed by atoms with Gasteiger partial charge in [-0.15, -0.1) is 5.10 Å². The molecule has 1 saturated carbocycles. The molecule has 1 aliphatic carbocycles. The van der Waals surface area contributed by atoms with E-state index in [4.69, 9.17) is 0 Å². The molecule has 146 valence electrons. The second-order valence-corrected chi connectivity index (χ2v) is 7.15. The van der Waals surface area contributed by atoms with Crippen molar-refractivity contribution in [3.63, 3.8) is 0 Å². The minimum absolute atomic E-state index is 0.000191. The lowest BCUT2D eigenvalue weighted by atomic mass is 10.0. The van der Waals surface area contributed by atoms with E-state index in [2.05, 4.69) is 10.2 Å². The highest BCUT2D eigenvalue weighted by molar-refractivity contribution is 6.20. The number of aromatic hydroxyl groups is 1. The van der Waals surface area contributed by atoms with Gasteiger partial charge in [0.25, 0.3) is 0 Å². The van der Waals surface area contributed by atoms with Crippen molar-refractivity contribution in [3.05, 3.63) is 63.2 Å². The average Bonchev–Trinajstić information content (AvgIpc) is 3.54. The number of carboxylic acids is 1. The Balaban J connectivity index is 1.69. The van der Waals surface area contributed by atoms with Gasteiger partial charge in [-0.25, -0.2) is 9.18 Å². The normalized spacial score (nSPS) is 17.7. The maximum Gasteiger partial charge on any atom is 0.341 e. The molecular formula is C20H15FN4O4. The number of carboxylic acid groups (broad SMARTS) is 1. The van der Waals surface area contributed by atoms with Gasteiger partial charge in [-0.2, -0.15) is 5.10 Å². The van der Waals surface area contributed by atoms with Crippen LogP contribution in [-0.2, 0) is 0 Å². The number of rotatable bonds is 3. The highest BCUT2D eigenvalue weighted by atomic mass is 19.1. The van der Waals surface area contributed by atoms with Gasteiger partial charge in [-0.05, 0) is 48.7 Å². The molecule has 0 amide bonds. The highest BCUT2D eigenvalue weighted by Gasteiger charge is 2.37. The fourth-order valence-corrected chi connectivity index (χ4v) is 3.61.